The van der Waals surface area contributed by atoms with E-state index in [-0.39, 0.29) is 17.8 Å². The van der Waals surface area contributed by atoms with Crippen LogP contribution >= 0.6 is 0 Å². The molecular formula is C28H33F2N7O3. The number of amides is 1. The van der Waals surface area contributed by atoms with Crippen LogP contribution in [-0.2, 0) is 11.3 Å². The Kier molecular flexibility index (Phi) is 8.38. The highest BCUT2D eigenvalue weighted by Gasteiger charge is 2.26. The standard InChI is InChI=1S/C28H33F2N7O3/c1-32-15-19-22(33-18-11-14-40-16-18)5-6-23(26(19)36-12-9-17(31)10-13-36)34-28(39)24-7-8-25(38)37(35-24)27-20(29)3-2-4-21(27)30/h2-8,17-18,32-33H,9-16,31H2,1H3,(H,34,39). The molecule has 0 saturated carbocycles. The summed E-state index contributed by atoms with van der Waals surface area (Å²) in [4.78, 5) is 28.1. The van der Waals surface area contributed by atoms with Gasteiger partial charge in [0.25, 0.3) is 11.5 Å². The molecule has 0 aliphatic carbocycles. The Hall–Kier alpha value is -3.87. The zero-order valence-corrected chi connectivity index (χ0v) is 22.3. The van der Waals surface area contributed by atoms with Crippen LogP contribution in [0, 0.1) is 11.6 Å². The van der Waals surface area contributed by atoms with Gasteiger partial charge in [0.05, 0.1) is 24.0 Å². The van der Waals surface area contributed by atoms with Crippen LogP contribution in [0.4, 0.5) is 25.8 Å². The number of carbonyl (C=O) groups excluding carboxylic acids is 1. The molecule has 1 atom stereocenters. The molecule has 5 N–H and O–H groups in total. The van der Waals surface area contributed by atoms with E-state index in [1.807, 2.05) is 19.2 Å². The first-order chi connectivity index (χ1) is 19.4. The summed E-state index contributed by atoms with van der Waals surface area (Å²) in [5, 5.41) is 13.7. The van der Waals surface area contributed by atoms with Crippen molar-refractivity contribution in [2.75, 3.05) is 48.9 Å². The fraction of sp³-hybridized carbons (Fsp3) is 0.393. The second-order valence-corrected chi connectivity index (χ2v) is 10.0. The van der Waals surface area contributed by atoms with Crippen molar-refractivity contribution in [2.24, 2.45) is 5.73 Å². The molecule has 10 nitrogen and oxygen atoms in total. The van der Waals surface area contributed by atoms with Gasteiger partial charge in [-0.1, -0.05) is 6.07 Å². The van der Waals surface area contributed by atoms with E-state index in [0.717, 1.165) is 54.4 Å². The fourth-order valence-corrected chi connectivity index (χ4v) is 5.15. The first-order valence-electron chi connectivity index (χ1n) is 13.4. The maximum absolute atomic E-state index is 14.4. The number of nitrogens with one attached hydrogen (secondary N) is 3. The molecule has 5 rings (SSSR count). The maximum atomic E-state index is 14.4. The molecule has 1 unspecified atom stereocenters. The zero-order chi connectivity index (χ0) is 28.2. The number of hydrogen-bond donors (Lipinski definition) is 4. The Bertz CT molecular complexity index is 1410. The smallest absolute Gasteiger partial charge is 0.276 e. The van der Waals surface area contributed by atoms with Gasteiger partial charge in [-0.3, -0.25) is 9.59 Å². The number of ether oxygens (including phenoxy) is 1. The maximum Gasteiger partial charge on any atom is 0.276 e. The fourth-order valence-electron chi connectivity index (χ4n) is 5.15. The van der Waals surface area contributed by atoms with Gasteiger partial charge in [0.2, 0.25) is 0 Å². The van der Waals surface area contributed by atoms with E-state index < -0.39 is 28.8 Å². The van der Waals surface area contributed by atoms with Crippen LogP contribution in [-0.4, -0.2) is 61.1 Å². The number of para-hydroxylation sites is 1. The summed E-state index contributed by atoms with van der Waals surface area (Å²) >= 11 is 0. The number of carbonyl (C=O) groups is 1. The summed E-state index contributed by atoms with van der Waals surface area (Å²) in [5.74, 6) is -2.56. The molecule has 40 heavy (non-hydrogen) atoms. The van der Waals surface area contributed by atoms with Crippen molar-refractivity contribution in [2.45, 2.75) is 37.9 Å². The highest BCUT2D eigenvalue weighted by atomic mass is 19.1. The monoisotopic (exact) mass is 553 g/mol. The second-order valence-electron chi connectivity index (χ2n) is 10.0. The first kappa shape index (κ1) is 27.7. The zero-order valence-electron chi connectivity index (χ0n) is 22.3. The summed E-state index contributed by atoms with van der Waals surface area (Å²) < 4.78 is 34.9. The Morgan fingerprint density at radius 2 is 1.77 bits per heavy atom. The van der Waals surface area contributed by atoms with Gasteiger partial charge in [0, 0.05) is 49.6 Å². The summed E-state index contributed by atoms with van der Waals surface area (Å²) in [7, 11) is 1.86. The van der Waals surface area contributed by atoms with E-state index in [1.54, 1.807) is 0 Å². The number of benzene rings is 2. The average Bonchev–Trinajstić information content (AvgIpc) is 3.45. The minimum absolute atomic E-state index is 0.114. The SMILES string of the molecule is CNCc1c(NC2CCOC2)ccc(NC(=O)c2ccc(=O)n(-c3c(F)cccc3F)n2)c1N1CCC(N)CC1. The molecule has 212 valence electrons. The molecule has 2 aliphatic rings. The number of nitrogens with zero attached hydrogens (tertiary/aromatic N) is 3. The number of rotatable bonds is 8. The van der Waals surface area contributed by atoms with Gasteiger partial charge in [-0.05, 0) is 56.6 Å². The number of anilines is 3. The molecule has 2 saturated heterocycles. The lowest BCUT2D eigenvalue weighted by atomic mass is 10.0. The van der Waals surface area contributed by atoms with E-state index in [0.29, 0.717) is 43.2 Å². The molecule has 3 aromatic rings. The third kappa shape index (κ3) is 5.83. The number of hydrogen-bond acceptors (Lipinski definition) is 8. The average molecular weight is 554 g/mol. The summed E-state index contributed by atoms with van der Waals surface area (Å²) in [6.07, 6.45) is 2.51. The van der Waals surface area contributed by atoms with E-state index in [1.165, 1.54) is 12.1 Å². The van der Waals surface area contributed by atoms with Crippen LogP contribution in [0.25, 0.3) is 5.69 Å². The molecule has 3 heterocycles. The minimum Gasteiger partial charge on any atom is -0.380 e. The van der Waals surface area contributed by atoms with E-state index in [2.05, 4.69) is 25.9 Å². The summed E-state index contributed by atoms with van der Waals surface area (Å²) in [6.45, 7) is 3.29. The molecule has 12 heteroatoms. The topological polar surface area (TPSA) is 127 Å². The molecular weight excluding hydrogens is 520 g/mol. The Balaban J connectivity index is 1.52. The van der Waals surface area contributed by atoms with Crippen molar-refractivity contribution < 1.29 is 18.3 Å². The van der Waals surface area contributed by atoms with Crippen LogP contribution in [0.5, 0.6) is 0 Å². The van der Waals surface area contributed by atoms with Gasteiger partial charge in [-0.15, -0.1) is 0 Å². The molecule has 0 bridgehead atoms. The second kappa shape index (κ2) is 12.1. The molecule has 2 fully saturated rings. The van der Waals surface area contributed by atoms with Gasteiger partial charge in [0.1, 0.15) is 11.4 Å². The predicted octanol–water partition coefficient (Wildman–Crippen LogP) is 2.61. The molecule has 0 spiro atoms. The Morgan fingerprint density at radius 3 is 2.45 bits per heavy atom. The lowest BCUT2D eigenvalue weighted by Gasteiger charge is -2.36. The molecule has 1 amide bonds. The van der Waals surface area contributed by atoms with Crippen LogP contribution < -0.4 is 32.1 Å². The van der Waals surface area contributed by atoms with E-state index in [9.17, 15) is 18.4 Å². The largest absolute Gasteiger partial charge is 0.380 e. The Labute approximate surface area is 230 Å². The Morgan fingerprint density at radius 1 is 1.05 bits per heavy atom. The molecule has 2 aliphatic heterocycles. The highest BCUT2D eigenvalue weighted by molar-refractivity contribution is 6.05. The van der Waals surface area contributed by atoms with Crippen LogP contribution in [0.3, 0.4) is 0 Å². The van der Waals surface area contributed by atoms with Crippen molar-refractivity contribution in [3.05, 3.63) is 75.7 Å². The van der Waals surface area contributed by atoms with Gasteiger partial charge < -0.3 is 31.3 Å². The van der Waals surface area contributed by atoms with Crippen molar-refractivity contribution in [3.8, 4) is 5.69 Å². The van der Waals surface area contributed by atoms with Gasteiger partial charge in [-0.25, -0.2) is 8.78 Å². The third-order valence-corrected chi connectivity index (χ3v) is 7.21. The summed E-state index contributed by atoms with van der Waals surface area (Å²) in [6, 6.07) is 9.56. The normalized spacial score (nSPS) is 17.7. The van der Waals surface area contributed by atoms with Crippen LogP contribution in [0.2, 0.25) is 0 Å². The van der Waals surface area contributed by atoms with Gasteiger partial charge in [-0.2, -0.15) is 9.78 Å². The van der Waals surface area contributed by atoms with Gasteiger partial charge in [0.15, 0.2) is 11.6 Å². The molecule has 2 aromatic carbocycles. The van der Waals surface area contributed by atoms with Gasteiger partial charge >= 0.3 is 0 Å². The van der Waals surface area contributed by atoms with E-state index in [4.69, 9.17) is 10.5 Å². The van der Waals surface area contributed by atoms with Crippen LogP contribution in [0.15, 0.2) is 47.3 Å². The highest BCUT2D eigenvalue weighted by Crippen LogP contribution is 2.38. The minimum atomic E-state index is -0.967. The number of piperidine rings is 1. The van der Waals surface area contributed by atoms with Crippen LogP contribution in [0.1, 0.15) is 35.3 Å². The first-order valence-corrected chi connectivity index (χ1v) is 13.4. The third-order valence-electron chi connectivity index (χ3n) is 7.21. The lowest BCUT2D eigenvalue weighted by Crippen LogP contribution is -2.40. The van der Waals surface area contributed by atoms with E-state index >= 15 is 0 Å². The van der Waals surface area contributed by atoms with Crippen molar-refractivity contribution >= 4 is 23.0 Å². The lowest BCUT2D eigenvalue weighted by molar-refractivity contribution is 0.102. The number of nitrogens with two attached hydrogens (primary N) is 1. The van der Waals surface area contributed by atoms with Crippen molar-refractivity contribution in [1.82, 2.24) is 15.1 Å². The molecule has 0 radical (unpaired) electrons. The van der Waals surface area contributed by atoms with Crippen molar-refractivity contribution in [1.29, 1.82) is 0 Å². The number of halogens is 2. The predicted molar refractivity (Wildman–Crippen MR) is 149 cm³/mol. The van der Waals surface area contributed by atoms with Crippen molar-refractivity contribution in [3.63, 3.8) is 0 Å². The quantitative estimate of drug-likeness (QED) is 0.336. The molecule has 1 aromatic heterocycles. The number of aromatic nitrogens is 2. The summed E-state index contributed by atoms with van der Waals surface area (Å²) in [5.41, 5.74) is 7.92.